The van der Waals surface area contributed by atoms with Gasteiger partial charge in [-0.05, 0) is 66.1 Å². The molecule has 0 unspecified atom stereocenters. The molecule has 0 aliphatic rings. The van der Waals surface area contributed by atoms with Crippen molar-refractivity contribution in [1.29, 1.82) is 0 Å². The van der Waals surface area contributed by atoms with Crippen LogP contribution in [0.4, 0.5) is 0 Å². The Bertz CT molecular complexity index is 2620. The van der Waals surface area contributed by atoms with Crippen LogP contribution in [-0.2, 0) is 0 Å². The van der Waals surface area contributed by atoms with Crippen molar-refractivity contribution in [3.8, 4) is 11.1 Å². The summed E-state index contributed by atoms with van der Waals surface area (Å²) < 4.78 is 144. The van der Waals surface area contributed by atoms with Crippen molar-refractivity contribution in [2.45, 2.75) is 0 Å². The van der Waals surface area contributed by atoms with E-state index in [0.717, 1.165) is 6.07 Å². The molecule has 32 heavy (non-hydrogen) atoms. The molecule has 0 saturated heterocycles. The molecule has 0 aliphatic heterocycles. The highest BCUT2D eigenvalue weighted by atomic mass is 79.9. The molecule has 150 valence electrons. The van der Waals surface area contributed by atoms with Crippen molar-refractivity contribution >= 4 is 70.2 Å². The van der Waals surface area contributed by atoms with Gasteiger partial charge in [0.15, 0.2) is 0 Å². The van der Waals surface area contributed by atoms with E-state index in [1.165, 1.54) is 0 Å². The zero-order chi connectivity index (χ0) is 35.2. The summed E-state index contributed by atoms with van der Waals surface area (Å²) in [6.45, 7) is 0. The summed E-state index contributed by atoms with van der Waals surface area (Å²) in [6.07, 6.45) is 0. The highest BCUT2D eigenvalue weighted by molar-refractivity contribution is 9.10. The Morgan fingerprint density at radius 2 is 1.22 bits per heavy atom. The second-order valence-corrected chi connectivity index (χ2v) is 7.80. The van der Waals surface area contributed by atoms with Gasteiger partial charge in [0.2, 0.25) is 0 Å². The minimum atomic E-state index is -0.672. The second kappa shape index (κ2) is 6.69. The van der Waals surface area contributed by atoms with E-state index in [4.69, 9.17) is 26.3 Å². The van der Waals surface area contributed by atoms with Gasteiger partial charge in [0.25, 0.3) is 0 Å². The average molecular weight is 489 g/mol. The lowest BCUT2D eigenvalue weighted by molar-refractivity contribution is 0.673. The van der Waals surface area contributed by atoms with Crippen LogP contribution < -0.4 is 0 Å². The van der Waals surface area contributed by atoms with Gasteiger partial charge in [-0.1, -0.05) is 90.7 Å². The standard InChI is InChI=1S/C30H17BrO/c31-29-22-12-5-3-10-20(22)27(21-11-4-6-13-23(21)29)24-14-7-15-26-28(24)25-17-16-18-8-1-2-9-19(18)30(25)32-26/h1-17H/i1D,2D,3D,4D,5D,6D,8D,9D,10D,11D,12D,13D,14D,15D,16D,17D. The molecule has 0 aliphatic carbocycles. The van der Waals surface area contributed by atoms with Crippen molar-refractivity contribution in [3.05, 3.63) is 107 Å². The molecule has 6 aromatic carbocycles. The van der Waals surface area contributed by atoms with Gasteiger partial charge in [-0.15, -0.1) is 0 Å². The highest BCUT2D eigenvalue weighted by Gasteiger charge is 2.19. The van der Waals surface area contributed by atoms with Crippen LogP contribution in [0.25, 0.3) is 65.4 Å². The van der Waals surface area contributed by atoms with Gasteiger partial charge in [0.05, 0.1) is 21.9 Å². The van der Waals surface area contributed by atoms with Crippen LogP contribution in [0, 0.1) is 0 Å². The monoisotopic (exact) mass is 488 g/mol. The van der Waals surface area contributed by atoms with Gasteiger partial charge < -0.3 is 4.42 Å². The molecule has 0 fully saturated rings. The maximum Gasteiger partial charge on any atom is 0.143 e. The van der Waals surface area contributed by atoms with Gasteiger partial charge in [-0.2, -0.15) is 0 Å². The van der Waals surface area contributed by atoms with Crippen molar-refractivity contribution in [3.63, 3.8) is 0 Å². The zero-order valence-electron chi connectivity index (χ0n) is 31.9. The number of hydrogen-bond acceptors (Lipinski definition) is 1. The van der Waals surface area contributed by atoms with Crippen LogP contribution in [0.5, 0.6) is 0 Å². The van der Waals surface area contributed by atoms with E-state index in [9.17, 15) is 0 Å². The van der Waals surface area contributed by atoms with E-state index in [1.54, 1.807) is 0 Å². The Morgan fingerprint density at radius 1 is 0.594 bits per heavy atom. The van der Waals surface area contributed by atoms with Gasteiger partial charge in [0, 0.05) is 20.6 Å². The fraction of sp³-hybridized carbons (Fsp3) is 0. The number of halogens is 1. The Balaban J connectivity index is 1.90. The van der Waals surface area contributed by atoms with E-state index < -0.39 is 90.6 Å². The Labute approximate surface area is 215 Å². The lowest BCUT2D eigenvalue weighted by atomic mass is 9.89. The van der Waals surface area contributed by atoms with Crippen LogP contribution in [0.2, 0.25) is 0 Å². The van der Waals surface area contributed by atoms with E-state index in [1.807, 2.05) is 0 Å². The maximum absolute atomic E-state index is 9.13. The third kappa shape index (κ3) is 2.39. The van der Waals surface area contributed by atoms with E-state index in [-0.39, 0.29) is 75.9 Å². The molecule has 0 saturated carbocycles. The Morgan fingerprint density at radius 3 is 1.94 bits per heavy atom. The topological polar surface area (TPSA) is 13.1 Å². The van der Waals surface area contributed by atoms with Crippen LogP contribution in [0.15, 0.2) is 112 Å². The first-order chi connectivity index (χ1) is 22.4. The van der Waals surface area contributed by atoms with Gasteiger partial charge in [-0.25, -0.2) is 0 Å². The summed E-state index contributed by atoms with van der Waals surface area (Å²) in [6, 6.07) is -8.27. The first kappa shape index (κ1) is 8.38. The van der Waals surface area contributed by atoms with E-state index in [2.05, 4.69) is 15.9 Å². The molecule has 7 aromatic rings. The average Bonchev–Trinajstić information content (AvgIpc) is 3.44. The lowest BCUT2D eigenvalue weighted by Gasteiger charge is -2.15. The summed E-state index contributed by atoms with van der Waals surface area (Å²) in [4.78, 5) is 0. The van der Waals surface area contributed by atoms with Crippen molar-refractivity contribution in [2.24, 2.45) is 0 Å². The molecule has 7 rings (SSSR count). The summed E-state index contributed by atoms with van der Waals surface area (Å²) in [7, 11) is 0. The number of furan rings is 1. The quantitative estimate of drug-likeness (QED) is 0.209. The largest absolute Gasteiger partial charge is 0.455 e. The van der Waals surface area contributed by atoms with Crippen LogP contribution in [-0.4, -0.2) is 0 Å². The minimum Gasteiger partial charge on any atom is -0.455 e. The molecule has 1 heterocycles. The molecule has 0 amide bonds. The van der Waals surface area contributed by atoms with Crippen LogP contribution >= 0.6 is 15.9 Å². The number of rotatable bonds is 1. The Hall–Kier alpha value is -3.62. The third-order valence-electron chi connectivity index (χ3n) is 5.37. The molecule has 1 nitrogen and oxygen atoms in total. The number of benzene rings is 6. The van der Waals surface area contributed by atoms with Gasteiger partial charge >= 0.3 is 0 Å². The van der Waals surface area contributed by atoms with E-state index in [0.29, 0.717) is 0 Å². The predicted octanol–water partition coefficient (Wildman–Crippen LogP) is 9.48. The van der Waals surface area contributed by atoms with Crippen LogP contribution in [0.1, 0.15) is 21.9 Å². The summed E-state index contributed by atoms with van der Waals surface area (Å²) in [5, 5.41) is -1.73. The van der Waals surface area contributed by atoms with Crippen LogP contribution in [0.3, 0.4) is 0 Å². The molecule has 0 N–H and O–H groups in total. The number of hydrogen-bond donors (Lipinski definition) is 0. The first-order valence-electron chi connectivity index (χ1n) is 17.4. The molecule has 0 bridgehead atoms. The first-order valence-corrected chi connectivity index (χ1v) is 10.2. The smallest absolute Gasteiger partial charge is 0.143 e. The highest BCUT2D eigenvalue weighted by Crippen LogP contribution is 2.46. The molecule has 2 heteroatoms. The molecule has 1 aromatic heterocycles. The molecule has 0 radical (unpaired) electrons. The maximum atomic E-state index is 9.13. The van der Waals surface area contributed by atoms with Gasteiger partial charge in [-0.3, -0.25) is 0 Å². The summed E-state index contributed by atoms with van der Waals surface area (Å²) >= 11 is 3.35. The third-order valence-corrected chi connectivity index (χ3v) is 6.16. The van der Waals surface area contributed by atoms with Crippen molar-refractivity contribution < 1.29 is 26.3 Å². The summed E-state index contributed by atoms with van der Waals surface area (Å²) in [5.41, 5.74) is -1.04. The predicted molar refractivity (Wildman–Crippen MR) is 139 cm³/mol. The summed E-state index contributed by atoms with van der Waals surface area (Å²) in [5.74, 6) is 0. The van der Waals surface area contributed by atoms with Gasteiger partial charge in [0.1, 0.15) is 11.2 Å². The van der Waals surface area contributed by atoms with Crippen molar-refractivity contribution in [2.75, 3.05) is 0 Å². The molecular weight excluding hydrogens is 456 g/mol. The SMILES string of the molecule is [2H]c1cc([2H])c2oc3c4c([2H])c([2H])c([2H])c([2H])c4c([2H])c([2H])c3c2c1-c1c2c([2H])c([2H])c([2H])c([2H])c2c(Br)c2c([2H])c([2H])c([2H])c([2H])c12. The second-order valence-electron chi connectivity index (χ2n) is 7.01. The molecule has 0 spiro atoms. The zero-order valence-corrected chi connectivity index (χ0v) is 17.4. The van der Waals surface area contributed by atoms with Crippen molar-refractivity contribution in [1.82, 2.24) is 0 Å². The van der Waals surface area contributed by atoms with E-state index >= 15 is 0 Å². The molecule has 0 atom stereocenters. The lowest BCUT2D eigenvalue weighted by Crippen LogP contribution is -1.88. The number of fused-ring (bicyclic) bond motifs is 7. The fourth-order valence-electron chi connectivity index (χ4n) is 4.04. The fourth-order valence-corrected chi connectivity index (χ4v) is 4.64. The normalized spacial score (nSPS) is 18.9. The molecular formula is C30H17BrO. The Kier molecular flexibility index (Phi) is 1.75. The minimum absolute atomic E-state index is 0.0520.